The molecule has 4 heteroatoms. The van der Waals surface area contributed by atoms with E-state index >= 15 is 0 Å². The van der Waals surface area contributed by atoms with Gasteiger partial charge in [0.15, 0.2) is 6.10 Å². The molecule has 0 amide bonds. The molecule has 3 aliphatic rings. The van der Waals surface area contributed by atoms with E-state index in [-0.39, 0.29) is 23.4 Å². The second-order valence-electron chi connectivity index (χ2n) is 9.16. The molecule has 6 atom stereocenters. The van der Waals surface area contributed by atoms with E-state index in [2.05, 4.69) is 27.4 Å². The predicted molar refractivity (Wildman–Crippen MR) is 92.1 cm³/mol. The Hall–Kier alpha value is -0.870. The highest BCUT2D eigenvalue weighted by Gasteiger charge is 2.58. The van der Waals surface area contributed by atoms with Crippen molar-refractivity contribution in [1.82, 2.24) is 0 Å². The minimum absolute atomic E-state index is 0.0177. The molecule has 0 aromatic rings. The van der Waals surface area contributed by atoms with Gasteiger partial charge in [-0.05, 0) is 54.8 Å². The molecular formula is C20H32O4. The van der Waals surface area contributed by atoms with Gasteiger partial charge in [-0.25, -0.2) is 4.79 Å². The minimum atomic E-state index is -1.21. The van der Waals surface area contributed by atoms with E-state index < -0.39 is 18.0 Å². The van der Waals surface area contributed by atoms with Crippen LogP contribution in [0.5, 0.6) is 0 Å². The average Bonchev–Trinajstić information content (AvgIpc) is 2.83. The SMILES string of the molecule is C=C1CCCC(C)(C)C2CCC(C)(C3COC(=O)C(O)C3CO)C12. The smallest absolute Gasteiger partial charge is 0.335 e. The molecule has 6 unspecified atom stereocenters. The van der Waals surface area contributed by atoms with Gasteiger partial charge in [0.25, 0.3) is 0 Å². The number of hydrogen-bond acceptors (Lipinski definition) is 4. The van der Waals surface area contributed by atoms with E-state index in [1.165, 1.54) is 18.4 Å². The lowest BCUT2D eigenvalue weighted by atomic mass is 9.59. The molecule has 24 heavy (non-hydrogen) atoms. The summed E-state index contributed by atoms with van der Waals surface area (Å²) in [5.41, 5.74) is 1.51. The number of aliphatic hydroxyl groups is 2. The molecule has 136 valence electrons. The van der Waals surface area contributed by atoms with Crippen LogP contribution in [0.15, 0.2) is 12.2 Å². The molecule has 1 heterocycles. The number of allylic oxidation sites excluding steroid dienone is 1. The molecule has 2 saturated carbocycles. The Morgan fingerprint density at radius 3 is 2.62 bits per heavy atom. The summed E-state index contributed by atoms with van der Waals surface area (Å²) in [7, 11) is 0. The van der Waals surface area contributed by atoms with Gasteiger partial charge >= 0.3 is 5.97 Å². The fourth-order valence-electron chi connectivity index (χ4n) is 6.05. The lowest BCUT2D eigenvalue weighted by molar-refractivity contribution is -0.181. The molecule has 2 aliphatic carbocycles. The molecule has 4 nitrogen and oxygen atoms in total. The molecule has 1 aliphatic heterocycles. The van der Waals surface area contributed by atoms with Crippen LogP contribution < -0.4 is 0 Å². The number of hydrogen-bond donors (Lipinski definition) is 2. The number of aliphatic hydroxyl groups excluding tert-OH is 2. The van der Waals surface area contributed by atoms with Crippen molar-refractivity contribution in [3.63, 3.8) is 0 Å². The first-order valence-electron chi connectivity index (χ1n) is 9.35. The van der Waals surface area contributed by atoms with Crippen LogP contribution in [0.2, 0.25) is 0 Å². The Bertz CT molecular complexity index is 526. The first kappa shape index (κ1) is 17.9. The number of ether oxygens (including phenoxy) is 1. The van der Waals surface area contributed by atoms with Crippen molar-refractivity contribution in [2.45, 2.75) is 59.0 Å². The first-order chi connectivity index (χ1) is 11.2. The maximum absolute atomic E-state index is 11.7. The lowest BCUT2D eigenvalue weighted by Gasteiger charge is -2.48. The van der Waals surface area contributed by atoms with Crippen molar-refractivity contribution in [2.24, 2.45) is 34.5 Å². The zero-order valence-electron chi connectivity index (χ0n) is 15.3. The van der Waals surface area contributed by atoms with Crippen LogP contribution in [0.25, 0.3) is 0 Å². The number of carbonyl (C=O) groups excluding carboxylic acids is 1. The first-order valence-corrected chi connectivity index (χ1v) is 9.35. The van der Waals surface area contributed by atoms with Gasteiger partial charge < -0.3 is 14.9 Å². The van der Waals surface area contributed by atoms with Gasteiger partial charge in [-0.2, -0.15) is 0 Å². The minimum Gasteiger partial charge on any atom is -0.463 e. The summed E-state index contributed by atoms with van der Waals surface area (Å²) in [5.74, 6) is -0.0989. The second-order valence-corrected chi connectivity index (χ2v) is 9.16. The Balaban J connectivity index is 1.97. The van der Waals surface area contributed by atoms with Crippen LogP contribution in [-0.2, 0) is 9.53 Å². The highest BCUT2D eigenvalue weighted by Crippen LogP contribution is 2.63. The maximum atomic E-state index is 11.7. The summed E-state index contributed by atoms with van der Waals surface area (Å²) in [6.45, 7) is 11.6. The average molecular weight is 336 g/mol. The number of rotatable bonds is 2. The van der Waals surface area contributed by atoms with Crippen LogP contribution in [0.4, 0.5) is 0 Å². The van der Waals surface area contributed by atoms with Gasteiger partial charge in [0.1, 0.15) is 0 Å². The van der Waals surface area contributed by atoms with Crippen molar-refractivity contribution in [3.05, 3.63) is 12.2 Å². The van der Waals surface area contributed by atoms with Crippen molar-refractivity contribution in [3.8, 4) is 0 Å². The monoisotopic (exact) mass is 336 g/mol. The molecule has 3 fully saturated rings. The van der Waals surface area contributed by atoms with Crippen LogP contribution in [0.1, 0.15) is 52.9 Å². The summed E-state index contributed by atoms with van der Waals surface area (Å²) in [4.78, 5) is 11.7. The predicted octanol–water partition coefficient (Wildman–Crippen LogP) is 2.93. The Morgan fingerprint density at radius 1 is 1.25 bits per heavy atom. The van der Waals surface area contributed by atoms with Crippen LogP contribution in [0.3, 0.4) is 0 Å². The lowest BCUT2D eigenvalue weighted by Crippen LogP contribution is -2.52. The highest BCUT2D eigenvalue weighted by molar-refractivity contribution is 5.75. The zero-order chi connectivity index (χ0) is 17.7. The fraction of sp³-hybridized carbons (Fsp3) is 0.850. The summed E-state index contributed by atoms with van der Waals surface area (Å²) >= 11 is 0. The van der Waals surface area contributed by atoms with Crippen molar-refractivity contribution in [1.29, 1.82) is 0 Å². The summed E-state index contributed by atoms with van der Waals surface area (Å²) in [6, 6.07) is 0. The number of esters is 1. The quantitative estimate of drug-likeness (QED) is 0.601. The molecule has 0 aromatic carbocycles. The van der Waals surface area contributed by atoms with Gasteiger partial charge in [-0.1, -0.05) is 32.9 Å². The van der Waals surface area contributed by atoms with Gasteiger partial charge in [-0.3, -0.25) is 0 Å². The van der Waals surface area contributed by atoms with E-state index in [0.29, 0.717) is 18.4 Å². The summed E-state index contributed by atoms with van der Waals surface area (Å²) < 4.78 is 5.28. The number of carbonyl (C=O) groups is 1. The number of fused-ring (bicyclic) bond motifs is 1. The van der Waals surface area contributed by atoms with E-state index in [4.69, 9.17) is 4.74 Å². The largest absolute Gasteiger partial charge is 0.463 e. The standard InChI is InChI=1S/C20H32O4/c1-12-6-5-8-19(2,3)14-7-9-20(4,16(12)14)15-11-24-18(23)17(22)13(15)10-21/h13-17,21-22H,1,5-11H2,2-4H3. The summed E-state index contributed by atoms with van der Waals surface area (Å²) in [6.07, 6.45) is 4.42. The van der Waals surface area contributed by atoms with Crippen LogP contribution in [-0.4, -0.2) is 35.5 Å². The van der Waals surface area contributed by atoms with Gasteiger partial charge in [0, 0.05) is 18.4 Å². The van der Waals surface area contributed by atoms with E-state index in [1.54, 1.807) is 0 Å². The molecule has 2 N–H and O–H groups in total. The van der Waals surface area contributed by atoms with E-state index in [0.717, 1.165) is 19.3 Å². The number of cyclic esters (lactones) is 1. The molecule has 0 bridgehead atoms. The Labute approximate surface area is 145 Å². The van der Waals surface area contributed by atoms with Crippen molar-refractivity contribution < 1.29 is 19.7 Å². The second kappa shape index (κ2) is 6.14. The van der Waals surface area contributed by atoms with E-state index in [1.807, 2.05) is 0 Å². The zero-order valence-corrected chi connectivity index (χ0v) is 15.3. The Morgan fingerprint density at radius 2 is 1.96 bits per heavy atom. The third-order valence-electron chi connectivity index (χ3n) is 7.50. The third-order valence-corrected chi connectivity index (χ3v) is 7.50. The van der Waals surface area contributed by atoms with Crippen LogP contribution >= 0.6 is 0 Å². The highest BCUT2D eigenvalue weighted by atomic mass is 16.5. The molecular weight excluding hydrogens is 304 g/mol. The molecule has 1 saturated heterocycles. The topological polar surface area (TPSA) is 66.8 Å². The maximum Gasteiger partial charge on any atom is 0.335 e. The third kappa shape index (κ3) is 2.62. The molecule has 0 spiro atoms. The normalized spacial score (nSPS) is 45.5. The molecule has 0 radical (unpaired) electrons. The van der Waals surface area contributed by atoms with Gasteiger partial charge in [0.05, 0.1) is 6.61 Å². The van der Waals surface area contributed by atoms with Gasteiger partial charge in [-0.15, -0.1) is 0 Å². The van der Waals surface area contributed by atoms with Crippen molar-refractivity contribution >= 4 is 5.97 Å². The van der Waals surface area contributed by atoms with E-state index in [9.17, 15) is 15.0 Å². The van der Waals surface area contributed by atoms with Crippen molar-refractivity contribution in [2.75, 3.05) is 13.2 Å². The van der Waals surface area contributed by atoms with Gasteiger partial charge in [0.2, 0.25) is 0 Å². The fourth-order valence-corrected chi connectivity index (χ4v) is 6.05. The van der Waals surface area contributed by atoms with Crippen LogP contribution in [0, 0.1) is 34.5 Å². The Kier molecular flexibility index (Phi) is 4.59. The molecule has 0 aromatic heterocycles. The summed E-state index contributed by atoms with van der Waals surface area (Å²) in [5, 5.41) is 20.1. The molecule has 3 rings (SSSR count).